The van der Waals surface area contributed by atoms with E-state index < -0.39 is 16.8 Å². The maximum atomic E-state index is 12.2. The monoisotopic (exact) mass is 653 g/mol. The van der Waals surface area contributed by atoms with E-state index >= 15 is 0 Å². The van der Waals surface area contributed by atoms with Crippen LogP contribution in [0.5, 0.6) is 11.5 Å². The molecule has 0 fully saturated rings. The number of hydrogen-bond donors (Lipinski definition) is 1. The van der Waals surface area contributed by atoms with Gasteiger partial charge in [-0.3, -0.25) is 14.9 Å². The van der Waals surface area contributed by atoms with Crippen LogP contribution in [-0.2, 0) is 4.79 Å². The molecule has 0 bridgehead atoms. The van der Waals surface area contributed by atoms with Gasteiger partial charge in [0.2, 0.25) is 0 Å². The Labute approximate surface area is 218 Å². The largest absolute Gasteiger partial charge is 0.481 e. The number of hydrazone groups is 1. The Hall–Kier alpha value is -3.09. The van der Waals surface area contributed by atoms with Gasteiger partial charge in [0.1, 0.15) is 11.5 Å². The van der Waals surface area contributed by atoms with Gasteiger partial charge in [0.25, 0.3) is 11.6 Å². The lowest BCUT2D eigenvalue weighted by molar-refractivity contribution is -0.384. The van der Waals surface area contributed by atoms with E-state index in [0.717, 1.165) is 4.47 Å². The molecule has 0 aliphatic heterocycles. The zero-order chi connectivity index (χ0) is 24.7. The lowest BCUT2D eigenvalue weighted by Crippen LogP contribution is -2.24. The maximum absolute atomic E-state index is 12.2. The third-order valence-corrected chi connectivity index (χ3v) is 5.75. The van der Waals surface area contributed by atoms with Crippen LogP contribution < -0.4 is 14.9 Å². The van der Waals surface area contributed by atoms with Crippen molar-refractivity contribution >= 4 is 71.6 Å². The highest BCUT2D eigenvalue weighted by Crippen LogP contribution is 2.36. The number of benzene rings is 3. The summed E-state index contributed by atoms with van der Waals surface area (Å²) in [6, 6.07) is 15.1. The van der Waals surface area contributed by atoms with Crippen molar-refractivity contribution in [1.82, 2.24) is 5.43 Å². The Morgan fingerprint density at radius 1 is 1.00 bits per heavy atom. The van der Waals surface area contributed by atoms with E-state index in [4.69, 9.17) is 9.47 Å². The van der Waals surface area contributed by atoms with Gasteiger partial charge in [0, 0.05) is 16.6 Å². The molecule has 0 saturated carbocycles. The van der Waals surface area contributed by atoms with E-state index in [-0.39, 0.29) is 23.6 Å². The highest BCUT2D eigenvalue weighted by atomic mass is 79.9. The zero-order valence-corrected chi connectivity index (χ0v) is 21.8. The summed E-state index contributed by atoms with van der Waals surface area (Å²) in [7, 11) is 0. The fraction of sp³-hybridized carbons (Fsp3) is 0.0455. The average Bonchev–Trinajstić information content (AvgIpc) is 2.79. The molecule has 0 aliphatic carbocycles. The molecule has 0 heterocycles. The topological polar surface area (TPSA) is 120 Å². The Morgan fingerprint density at radius 2 is 1.62 bits per heavy atom. The van der Waals surface area contributed by atoms with Crippen LogP contribution in [0.4, 0.5) is 5.69 Å². The molecule has 3 rings (SSSR count). The molecule has 0 aromatic heterocycles. The predicted molar refractivity (Wildman–Crippen MR) is 135 cm³/mol. The Kier molecular flexibility index (Phi) is 8.91. The molecule has 12 heteroatoms. The molecule has 0 saturated heterocycles. The molecule has 174 valence electrons. The Bertz CT molecular complexity index is 1220. The number of non-ortho nitro benzene ring substituents is 1. The number of esters is 1. The number of halogens is 3. The Morgan fingerprint density at radius 3 is 2.21 bits per heavy atom. The number of nitrogens with one attached hydrogen (secondary N) is 1. The number of rotatable bonds is 8. The first-order valence-electron chi connectivity index (χ1n) is 9.39. The van der Waals surface area contributed by atoms with Gasteiger partial charge in [-0.1, -0.05) is 15.9 Å². The van der Waals surface area contributed by atoms with E-state index in [1.165, 1.54) is 30.5 Å². The molecule has 1 N–H and O–H groups in total. The van der Waals surface area contributed by atoms with E-state index in [2.05, 4.69) is 58.3 Å². The molecular weight excluding hydrogens is 642 g/mol. The van der Waals surface area contributed by atoms with Gasteiger partial charge in [-0.25, -0.2) is 10.2 Å². The zero-order valence-electron chi connectivity index (χ0n) is 17.0. The number of carbonyl (C=O) groups is 2. The summed E-state index contributed by atoms with van der Waals surface area (Å²) in [5, 5.41) is 14.6. The molecule has 3 aromatic carbocycles. The fourth-order valence-corrected chi connectivity index (χ4v) is 5.01. The maximum Gasteiger partial charge on any atom is 0.343 e. The summed E-state index contributed by atoms with van der Waals surface area (Å²) >= 11 is 10.1. The minimum absolute atomic E-state index is 0.118. The summed E-state index contributed by atoms with van der Waals surface area (Å²) < 4.78 is 13.0. The average molecular weight is 656 g/mol. The molecular formula is C22H14Br3N3O6. The first-order chi connectivity index (χ1) is 16.2. The minimum Gasteiger partial charge on any atom is -0.481 e. The molecule has 1 amide bonds. The lowest BCUT2D eigenvalue weighted by Gasteiger charge is -2.09. The van der Waals surface area contributed by atoms with Crippen molar-refractivity contribution in [2.45, 2.75) is 0 Å². The van der Waals surface area contributed by atoms with Crippen molar-refractivity contribution in [3.63, 3.8) is 0 Å². The quantitative estimate of drug-likeness (QED) is 0.110. The summed E-state index contributed by atoms with van der Waals surface area (Å²) in [6.07, 6.45) is 1.42. The lowest BCUT2D eigenvalue weighted by atomic mass is 10.2. The summed E-state index contributed by atoms with van der Waals surface area (Å²) in [6.45, 7) is -0.242. The molecule has 0 atom stereocenters. The van der Waals surface area contributed by atoms with Crippen molar-refractivity contribution in [3.8, 4) is 11.5 Å². The highest BCUT2D eigenvalue weighted by molar-refractivity contribution is 9.11. The molecule has 0 radical (unpaired) electrons. The van der Waals surface area contributed by atoms with Gasteiger partial charge < -0.3 is 9.47 Å². The molecule has 0 unspecified atom stereocenters. The van der Waals surface area contributed by atoms with Crippen molar-refractivity contribution in [3.05, 3.63) is 95.3 Å². The van der Waals surface area contributed by atoms with E-state index in [0.29, 0.717) is 20.3 Å². The van der Waals surface area contributed by atoms with Crippen LogP contribution in [0.25, 0.3) is 0 Å². The third-order valence-electron chi connectivity index (χ3n) is 4.12. The fourth-order valence-electron chi connectivity index (χ4n) is 2.52. The summed E-state index contributed by atoms with van der Waals surface area (Å²) in [4.78, 5) is 34.3. The van der Waals surface area contributed by atoms with Gasteiger partial charge in [-0.15, -0.1) is 0 Å². The molecule has 34 heavy (non-hydrogen) atoms. The Balaban J connectivity index is 1.49. The van der Waals surface area contributed by atoms with Crippen LogP contribution in [-0.4, -0.2) is 29.6 Å². The summed E-state index contributed by atoms with van der Waals surface area (Å²) in [5.41, 5.74) is 3.08. The summed E-state index contributed by atoms with van der Waals surface area (Å²) in [5.74, 6) is -0.330. The standard InChI is InChI=1S/C22H14Br3N3O6/c23-15-9-18(24)21(19(25)10-15)33-12-20(29)27-26-11-13-1-7-17(8-2-13)34-22(30)14-3-5-16(6-4-14)28(31)32/h1-11H,12H2,(H,27,29)/b26-11+. The number of nitrogens with zero attached hydrogens (tertiary/aromatic N) is 2. The second-order valence-electron chi connectivity index (χ2n) is 6.54. The van der Waals surface area contributed by atoms with Crippen LogP contribution in [0.3, 0.4) is 0 Å². The highest BCUT2D eigenvalue weighted by Gasteiger charge is 2.12. The van der Waals surface area contributed by atoms with Crippen LogP contribution in [0.2, 0.25) is 0 Å². The van der Waals surface area contributed by atoms with E-state index in [1.54, 1.807) is 36.4 Å². The first kappa shape index (κ1) is 25.5. The number of ether oxygens (including phenoxy) is 2. The van der Waals surface area contributed by atoms with Crippen molar-refractivity contribution < 1.29 is 24.0 Å². The van der Waals surface area contributed by atoms with Gasteiger partial charge in [-0.2, -0.15) is 5.10 Å². The molecule has 3 aromatic rings. The van der Waals surface area contributed by atoms with Gasteiger partial charge in [0.15, 0.2) is 6.61 Å². The van der Waals surface area contributed by atoms with Crippen LogP contribution in [0.15, 0.2) is 79.2 Å². The smallest absolute Gasteiger partial charge is 0.343 e. The van der Waals surface area contributed by atoms with Crippen LogP contribution in [0, 0.1) is 10.1 Å². The SMILES string of the molecule is O=C(COc1c(Br)cc(Br)cc1Br)N/N=C/c1ccc(OC(=O)c2ccc([N+](=O)[O-])cc2)cc1. The second-order valence-corrected chi connectivity index (χ2v) is 9.17. The molecule has 9 nitrogen and oxygen atoms in total. The van der Waals surface area contributed by atoms with Gasteiger partial charge in [0.05, 0.1) is 25.6 Å². The van der Waals surface area contributed by atoms with E-state index in [1.807, 2.05) is 0 Å². The second kappa shape index (κ2) is 11.9. The van der Waals surface area contributed by atoms with E-state index in [9.17, 15) is 19.7 Å². The molecule has 0 spiro atoms. The van der Waals surface area contributed by atoms with Crippen molar-refractivity contribution in [2.24, 2.45) is 5.10 Å². The van der Waals surface area contributed by atoms with Gasteiger partial charge in [-0.05, 0) is 86.0 Å². The van der Waals surface area contributed by atoms with Crippen LogP contribution in [0.1, 0.15) is 15.9 Å². The number of amides is 1. The molecule has 0 aliphatic rings. The predicted octanol–water partition coefficient (Wildman–Crippen LogP) is 5.63. The third kappa shape index (κ3) is 7.20. The number of nitro groups is 1. The number of nitro benzene ring substituents is 1. The first-order valence-corrected chi connectivity index (χ1v) is 11.8. The van der Waals surface area contributed by atoms with Crippen molar-refractivity contribution in [1.29, 1.82) is 0 Å². The van der Waals surface area contributed by atoms with Gasteiger partial charge >= 0.3 is 5.97 Å². The number of carbonyl (C=O) groups excluding carboxylic acids is 2. The van der Waals surface area contributed by atoms with Crippen molar-refractivity contribution in [2.75, 3.05) is 6.61 Å². The minimum atomic E-state index is -0.646. The number of hydrogen-bond acceptors (Lipinski definition) is 7. The normalized spacial score (nSPS) is 10.7. The van der Waals surface area contributed by atoms with Crippen LogP contribution >= 0.6 is 47.8 Å².